The van der Waals surface area contributed by atoms with Gasteiger partial charge in [0.25, 0.3) is 5.91 Å². The summed E-state index contributed by atoms with van der Waals surface area (Å²) in [6.45, 7) is 2.54. The van der Waals surface area contributed by atoms with Gasteiger partial charge in [0.15, 0.2) is 11.5 Å². The highest BCUT2D eigenvalue weighted by Gasteiger charge is 2.15. The SMILES string of the molecule is COc1cccc(C(=O)NCC(C)c2ccccc2)c1O. The Morgan fingerprint density at radius 3 is 2.57 bits per heavy atom. The lowest BCUT2D eigenvalue weighted by atomic mass is 10.0. The van der Waals surface area contributed by atoms with Crippen molar-refractivity contribution >= 4 is 5.91 Å². The number of hydrogen-bond donors (Lipinski definition) is 2. The first kappa shape index (κ1) is 14.9. The van der Waals surface area contributed by atoms with Crippen molar-refractivity contribution < 1.29 is 14.6 Å². The van der Waals surface area contributed by atoms with Crippen LogP contribution in [0.2, 0.25) is 0 Å². The predicted octanol–water partition coefficient (Wildman–Crippen LogP) is 2.93. The molecular formula is C17H19NO3. The Morgan fingerprint density at radius 2 is 1.90 bits per heavy atom. The van der Waals surface area contributed by atoms with Crippen molar-refractivity contribution in [1.29, 1.82) is 0 Å². The standard InChI is InChI=1S/C17H19NO3/c1-12(13-7-4-3-5-8-13)11-18-17(20)14-9-6-10-15(21-2)16(14)19/h3-10,12,19H,11H2,1-2H3,(H,18,20). The number of carbonyl (C=O) groups is 1. The second kappa shape index (κ2) is 6.79. The van der Waals surface area contributed by atoms with Crippen molar-refractivity contribution in [3.05, 3.63) is 59.7 Å². The van der Waals surface area contributed by atoms with Crippen molar-refractivity contribution in [2.75, 3.05) is 13.7 Å². The van der Waals surface area contributed by atoms with E-state index in [1.165, 1.54) is 7.11 Å². The van der Waals surface area contributed by atoms with Gasteiger partial charge in [-0.3, -0.25) is 4.79 Å². The van der Waals surface area contributed by atoms with Crippen molar-refractivity contribution in [3.63, 3.8) is 0 Å². The second-order valence-electron chi connectivity index (χ2n) is 4.88. The molecule has 0 bridgehead atoms. The van der Waals surface area contributed by atoms with E-state index in [9.17, 15) is 9.90 Å². The molecule has 1 amide bonds. The highest BCUT2D eigenvalue weighted by Crippen LogP contribution is 2.29. The third kappa shape index (κ3) is 3.54. The van der Waals surface area contributed by atoms with E-state index in [2.05, 4.69) is 5.32 Å². The van der Waals surface area contributed by atoms with Crippen LogP contribution in [0.15, 0.2) is 48.5 Å². The average Bonchev–Trinajstić information content (AvgIpc) is 2.53. The molecule has 21 heavy (non-hydrogen) atoms. The minimum Gasteiger partial charge on any atom is -0.504 e. The van der Waals surface area contributed by atoms with E-state index in [4.69, 9.17) is 4.74 Å². The summed E-state index contributed by atoms with van der Waals surface area (Å²) in [5.74, 6) is 0.0423. The summed E-state index contributed by atoms with van der Waals surface area (Å²) < 4.78 is 5.00. The van der Waals surface area contributed by atoms with Gasteiger partial charge in [-0.1, -0.05) is 43.3 Å². The van der Waals surface area contributed by atoms with Gasteiger partial charge in [-0.25, -0.2) is 0 Å². The number of benzene rings is 2. The van der Waals surface area contributed by atoms with Gasteiger partial charge in [0.2, 0.25) is 0 Å². The van der Waals surface area contributed by atoms with Crippen LogP contribution >= 0.6 is 0 Å². The molecule has 4 nitrogen and oxygen atoms in total. The Balaban J connectivity index is 2.02. The molecule has 0 spiro atoms. The summed E-state index contributed by atoms with van der Waals surface area (Å²) in [5.41, 5.74) is 1.38. The zero-order chi connectivity index (χ0) is 15.2. The van der Waals surface area contributed by atoms with Gasteiger partial charge in [-0.15, -0.1) is 0 Å². The lowest BCUT2D eigenvalue weighted by molar-refractivity contribution is 0.0948. The molecule has 1 atom stereocenters. The summed E-state index contributed by atoms with van der Waals surface area (Å²) in [4.78, 5) is 12.1. The van der Waals surface area contributed by atoms with Gasteiger partial charge < -0.3 is 15.2 Å². The molecule has 4 heteroatoms. The number of methoxy groups -OCH3 is 1. The summed E-state index contributed by atoms with van der Waals surface area (Å²) in [7, 11) is 1.45. The topological polar surface area (TPSA) is 58.6 Å². The number of carbonyl (C=O) groups excluding carboxylic acids is 1. The molecule has 1 unspecified atom stereocenters. The number of ether oxygens (including phenoxy) is 1. The maximum Gasteiger partial charge on any atom is 0.255 e. The first-order valence-corrected chi connectivity index (χ1v) is 6.82. The van der Waals surface area contributed by atoms with Crippen molar-refractivity contribution in [3.8, 4) is 11.5 Å². The van der Waals surface area contributed by atoms with Gasteiger partial charge in [0, 0.05) is 6.54 Å². The first-order chi connectivity index (χ1) is 10.1. The Bertz CT molecular complexity index is 611. The molecule has 2 aromatic carbocycles. The molecule has 0 radical (unpaired) electrons. The van der Waals surface area contributed by atoms with Gasteiger partial charge in [0.1, 0.15) is 0 Å². The highest BCUT2D eigenvalue weighted by atomic mass is 16.5. The largest absolute Gasteiger partial charge is 0.504 e. The number of aromatic hydroxyl groups is 1. The van der Waals surface area contributed by atoms with Gasteiger partial charge in [-0.05, 0) is 23.6 Å². The van der Waals surface area contributed by atoms with Crippen molar-refractivity contribution in [2.24, 2.45) is 0 Å². The predicted molar refractivity (Wildman–Crippen MR) is 81.8 cm³/mol. The monoisotopic (exact) mass is 285 g/mol. The van der Waals surface area contributed by atoms with E-state index in [0.717, 1.165) is 5.56 Å². The number of phenols is 1. The minimum atomic E-state index is -0.311. The Morgan fingerprint density at radius 1 is 1.19 bits per heavy atom. The molecule has 0 aromatic heterocycles. The normalized spacial score (nSPS) is 11.7. The fourth-order valence-electron chi connectivity index (χ4n) is 2.11. The summed E-state index contributed by atoms with van der Waals surface area (Å²) >= 11 is 0. The minimum absolute atomic E-state index is 0.134. The third-order valence-corrected chi connectivity index (χ3v) is 3.40. The van der Waals surface area contributed by atoms with E-state index in [1.807, 2.05) is 37.3 Å². The van der Waals surface area contributed by atoms with Crippen molar-refractivity contribution in [2.45, 2.75) is 12.8 Å². The average molecular weight is 285 g/mol. The second-order valence-corrected chi connectivity index (χ2v) is 4.88. The number of para-hydroxylation sites is 1. The smallest absolute Gasteiger partial charge is 0.255 e. The van der Waals surface area contributed by atoms with Crippen LogP contribution in [-0.4, -0.2) is 24.7 Å². The maximum absolute atomic E-state index is 12.1. The molecule has 0 fully saturated rings. The quantitative estimate of drug-likeness (QED) is 0.888. The number of nitrogens with one attached hydrogen (secondary N) is 1. The lowest BCUT2D eigenvalue weighted by Crippen LogP contribution is -2.27. The van der Waals surface area contributed by atoms with Crippen molar-refractivity contribution in [1.82, 2.24) is 5.32 Å². The molecule has 0 aliphatic rings. The number of rotatable bonds is 5. The molecule has 0 aliphatic heterocycles. The first-order valence-electron chi connectivity index (χ1n) is 6.82. The lowest BCUT2D eigenvalue weighted by Gasteiger charge is -2.14. The molecule has 110 valence electrons. The zero-order valence-electron chi connectivity index (χ0n) is 12.2. The Kier molecular flexibility index (Phi) is 4.82. The molecule has 0 heterocycles. The number of hydrogen-bond acceptors (Lipinski definition) is 3. The van der Waals surface area contributed by atoms with Crippen LogP contribution in [-0.2, 0) is 0 Å². The molecule has 2 aromatic rings. The van der Waals surface area contributed by atoms with Crippen LogP contribution in [0.1, 0.15) is 28.8 Å². The van der Waals surface area contributed by atoms with Gasteiger partial charge in [-0.2, -0.15) is 0 Å². The zero-order valence-corrected chi connectivity index (χ0v) is 12.2. The summed E-state index contributed by atoms with van der Waals surface area (Å²) in [6.07, 6.45) is 0. The third-order valence-electron chi connectivity index (χ3n) is 3.40. The summed E-state index contributed by atoms with van der Waals surface area (Å²) in [6, 6.07) is 14.8. The maximum atomic E-state index is 12.1. The molecule has 0 saturated heterocycles. The Hall–Kier alpha value is -2.49. The Labute approximate surface area is 124 Å². The van der Waals surface area contributed by atoms with E-state index >= 15 is 0 Å². The molecule has 2 rings (SSSR count). The fraction of sp³-hybridized carbons (Fsp3) is 0.235. The van der Waals surface area contributed by atoms with Crippen LogP contribution in [0.3, 0.4) is 0 Å². The molecule has 2 N–H and O–H groups in total. The van der Waals surface area contributed by atoms with Gasteiger partial charge >= 0.3 is 0 Å². The van der Waals surface area contributed by atoms with E-state index in [-0.39, 0.29) is 23.1 Å². The number of phenolic OH excluding ortho intramolecular Hbond substituents is 1. The van der Waals surface area contributed by atoms with E-state index in [1.54, 1.807) is 18.2 Å². The fourth-order valence-corrected chi connectivity index (χ4v) is 2.11. The van der Waals surface area contributed by atoms with Crippen LogP contribution in [0.4, 0.5) is 0 Å². The van der Waals surface area contributed by atoms with Crippen LogP contribution in [0.5, 0.6) is 11.5 Å². The van der Waals surface area contributed by atoms with Crippen LogP contribution in [0.25, 0.3) is 0 Å². The summed E-state index contributed by atoms with van der Waals surface area (Å²) in [5, 5.41) is 12.8. The highest BCUT2D eigenvalue weighted by molar-refractivity contribution is 5.97. The van der Waals surface area contributed by atoms with E-state index < -0.39 is 0 Å². The molecule has 0 aliphatic carbocycles. The number of amides is 1. The molecule has 0 saturated carbocycles. The van der Waals surface area contributed by atoms with Crippen LogP contribution in [0, 0.1) is 0 Å². The van der Waals surface area contributed by atoms with E-state index in [0.29, 0.717) is 12.3 Å². The van der Waals surface area contributed by atoms with Gasteiger partial charge in [0.05, 0.1) is 12.7 Å². The van der Waals surface area contributed by atoms with Crippen LogP contribution < -0.4 is 10.1 Å². The molecular weight excluding hydrogens is 266 g/mol.